The first-order valence-electron chi connectivity index (χ1n) is 9.21. The number of anilines is 1. The van der Waals surface area contributed by atoms with Crippen molar-refractivity contribution in [1.82, 2.24) is 10.1 Å². The monoisotopic (exact) mass is 436 g/mol. The van der Waals surface area contributed by atoms with Crippen LogP contribution in [0.4, 0.5) is 11.6 Å². The van der Waals surface area contributed by atoms with Crippen LogP contribution in [0.15, 0.2) is 63.5 Å². The molecule has 0 unspecified atom stereocenters. The summed E-state index contributed by atoms with van der Waals surface area (Å²) < 4.78 is 20.9. The molecule has 4 aromatic rings. The van der Waals surface area contributed by atoms with E-state index >= 15 is 0 Å². The Kier molecular flexibility index (Phi) is 5.53. The van der Waals surface area contributed by atoms with Gasteiger partial charge in [-0.25, -0.2) is 0 Å². The van der Waals surface area contributed by atoms with Crippen molar-refractivity contribution in [2.45, 2.75) is 0 Å². The Bertz CT molecular complexity index is 1290. The van der Waals surface area contributed by atoms with Gasteiger partial charge in [-0.1, -0.05) is 17.3 Å². The summed E-state index contributed by atoms with van der Waals surface area (Å²) in [7, 11) is 3.06. The van der Waals surface area contributed by atoms with Crippen LogP contribution in [0, 0.1) is 10.1 Å². The number of hydrogen-bond acceptors (Lipinski definition) is 9. The van der Waals surface area contributed by atoms with Crippen molar-refractivity contribution in [2.75, 3.05) is 19.5 Å². The van der Waals surface area contributed by atoms with E-state index in [9.17, 15) is 14.9 Å². The molecule has 0 radical (unpaired) electrons. The highest BCUT2D eigenvalue weighted by Crippen LogP contribution is 2.33. The predicted octanol–water partition coefficient (Wildman–Crippen LogP) is 4.17. The first-order chi connectivity index (χ1) is 15.5. The number of carbonyl (C=O) groups excluding carboxylic acids is 1. The summed E-state index contributed by atoms with van der Waals surface area (Å²) in [5.74, 6) is 0.149. The molecule has 4 rings (SSSR count). The zero-order valence-corrected chi connectivity index (χ0v) is 16.9. The topological polar surface area (TPSA) is 143 Å². The van der Waals surface area contributed by atoms with Crippen LogP contribution in [-0.4, -0.2) is 35.2 Å². The zero-order chi connectivity index (χ0) is 22.7. The maximum absolute atomic E-state index is 12.5. The largest absolute Gasteiger partial charge is 0.493 e. The lowest BCUT2D eigenvalue weighted by molar-refractivity contribution is -0.402. The van der Waals surface area contributed by atoms with Gasteiger partial charge in [-0.2, -0.15) is 4.98 Å². The molecule has 0 aliphatic heterocycles. The molecule has 162 valence electrons. The van der Waals surface area contributed by atoms with Gasteiger partial charge in [-0.3, -0.25) is 14.9 Å². The van der Waals surface area contributed by atoms with Crippen LogP contribution in [0.25, 0.3) is 22.8 Å². The number of nitrogens with zero attached hydrogens (tertiary/aromatic N) is 3. The summed E-state index contributed by atoms with van der Waals surface area (Å²) in [5.41, 5.74) is 1.46. The summed E-state index contributed by atoms with van der Waals surface area (Å²) in [4.78, 5) is 26.9. The second-order valence-corrected chi connectivity index (χ2v) is 6.39. The summed E-state index contributed by atoms with van der Waals surface area (Å²) in [5, 5.41) is 17.4. The molecule has 0 spiro atoms. The summed E-state index contributed by atoms with van der Waals surface area (Å²) in [6.45, 7) is 0. The molecular weight excluding hydrogens is 420 g/mol. The number of furan rings is 1. The van der Waals surface area contributed by atoms with E-state index in [-0.39, 0.29) is 11.7 Å². The molecule has 32 heavy (non-hydrogen) atoms. The highest BCUT2D eigenvalue weighted by atomic mass is 16.6. The number of hydrogen-bond donors (Lipinski definition) is 1. The van der Waals surface area contributed by atoms with Crippen LogP contribution in [0.5, 0.6) is 11.5 Å². The zero-order valence-electron chi connectivity index (χ0n) is 16.9. The molecule has 2 aromatic heterocycles. The number of amides is 1. The molecule has 2 aromatic carbocycles. The van der Waals surface area contributed by atoms with E-state index in [1.54, 1.807) is 42.5 Å². The average molecular weight is 436 g/mol. The lowest BCUT2D eigenvalue weighted by atomic mass is 10.1. The van der Waals surface area contributed by atoms with Crippen molar-refractivity contribution in [2.24, 2.45) is 0 Å². The first-order valence-corrected chi connectivity index (χ1v) is 9.21. The normalized spacial score (nSPS) is 10.6. The van der Waals surface area contributed by atoms with Crippen molar-refractivity contribution in [3.05, 3.63) is 70.5 Å². The molecule has 0 bridgehead atoms. The number of nitro groups is 1. The van der Waals surface area contributed by atoms with Gasteiger partial charge in [-0.15, -0.1) is 0 Å². The van der Waals surface area contributed by atoms with E-state index in [2.05, 4.69) is 15.5 Å². The second kappa shape index (κ2) is 8.60. The van der Waals surface area contributed by atoms with Gasteiger partial charge in [0, 0.05) is 5.56 Å². The quantitative estimate of drug-likeness (QED) is 0.333. The van der Waals surface area contributed by atoms with Gasteiger partial charge in [0.1, 0.15) is 4.92 Å². The van der Waals surface area contributed by atoms with Gasteiger partial charge in [0.25, 0.3) is 11.8 Å². The minimum absolute atomic E-state index is 0.163. The molecule has 0 saturated heterocycles. The Balaban J connectivity index is 1.61. The molecule has 0 saturated carbocycles. The maximum atomic E-state index is 12.5. The SMILES string of the molecule is COc1ccc(-c2noc(-c3ccccc3NC(=O)c3ccc([N+](=O)[O-])o3)n2)cc1OC. The molecule has 0 aliphatic rings. The van der Waals surface area contributed by atoms with E-state index in [1.807, 2.05) is 0 Å². The number of benzene rings is 2. The third-order valence-corrected chi connectivity index (χ3v) is 4.47. The van der Waals surface area contributed by atoms with Gasteiger partial charge in [0.15, 0.2) is 17.3 Å². The molecule has 1 amide bonds. The molecule has 0 atom stereocenters. The molecule has 2 heterocycles. The van der Waals surface area contributed by atoms with Crippen LogP contribution in [0.1, 0.15) is 10.6 Å². The smallest absolute Gasteiger partial charge is 0.433 e. The Morgan fingerprint density at radius 2 is 1.84 bits per heavy atom. The molecule has 11 nitrogen and oxygen atoms in total. The molecule has 11 heteroatoms. The van der Waals surface area contributed by atoms with Gasteiger partial charge in [0.05, 0.1) is 31.5 Å². The van der Waals surface area contributed by atoms with Crippen LogP contribution in [0.3, 0.4) is 0 Å². The van der Waals surface area contributed by atoms with Gasteiger partial charge < -0.3 is 23.7 Å². The van der Waals surface area contributed by atoms with E-state index < -0.39 is 16.7 Å². The van der Waals surface area contributed by atoms with Crippen LogP contribution in [0.2, 0.25) is 0 Å². The minimum atomic E-state index is -0.723. The number of methoxy groups -OCH3 is 2. The second-order valence-electron chi connectivity index (χ2n) is 6.39. The first kappa shape index (κ1) is 20.6. The van der Waals surface area contributed by atoms with Crippen molar-refractivity contribution >= 4 is 17.5 Å². The predicted molar refractivity (Wildman–Crippen MR) is 112 cm³/mol. The molecule has 1 N–H and O–H groups in total. The van der Waals surface area contributed by atoms with Gasteiger partial charge in [-0.05, 0) is 36.4 Å². The van der Waals surface area contributed by atoms with Gasteiger partial charge >= 0.3 is 5.88 Å². The van der Waals surface area contributed by atoms with E-state index in [0.29, 0.717) is 34.1 Å². The number of ether oxygens (including phenoxy) is 2. The van der Waals surface area contributed by atoms with Crippen LogP contribution < -0.4 is 14.8 Å². The van der Waals surface area contributed by atoms with Crippen LogP contribution in [-0.2, 0) is 0 Å². The molecule has 0 fully saturated rings. The highest BCUT2D eigenvalue weighted by molar-refractivity contribution is 6.04. The van der Waals surface area contributed by atoms with E-state index in [0.717, 1.165) is 6.07 Å². The van der Waals surface area contributed by atoms with Crippen LogP contribution >= 0.6 is 0 Å². The fraction of sp³-hybridized carbons (Fsp3) is 0.0952. The summed E-state index contributed by atoms with van der Waals surface area (Å²) in [6, 6.07) is 14.3. The minimum Gasteiger partial charge on any atom is -0.493 e. The number of carbonyl (C=O) groups is 1. The Morgan fingerprint density at radius 1 is 1.06 bits per heavy atom. The number of rotatable bonds is 7. The fourth-order valence-corrected chi connectivity index (χ4v) is 2.94. The number of nitrogens with one attached hydrogen (secondary N) is 1. The van der Waals surface area contributed by atoms with Crippen molar-refractivity contribution < 1.29 is 28.1 Å². The average Bonchev–Trinajstić information content (AvgIpc) is 3.49. The Labute approximate surface area is 180 Å². The molecule has 0 aliphatic carbocycles. The highest BCUT2D eigenvalue weighted by Gasteiger charge is 2.20. The number of para-hydroxylation sites is 1. The van der Waals surface area contributed by atoms with E-state index in [4.69, 9.17) is 18.4 Å². The van der Waals surface area contributed by atoms with E-state index in [1.165, 1.54) is 20.3 Å². The van der Waals surface area contributed by atoms with Crippen molar-refractivity contribution in [3.8, 4) is 34.3 Å². The Morgan fingerprint density at radius 3 is 2.56 bits per heavy atom. The third-order valence-electron chi connectivity index (χ3n) is 4.47. The fourth-order valence-electron chi connectivity index (χ4n) is 2.94. The van der Waals surface area contributed by atoms with Crippen molar-refractivity contribution in [1.29, 1.82) is 0 Å². The van der Waals surface area contributed by atoms with Crippen molar-refractivity contribution in [3.63, 3.8) is 0 Å². The molecular formula is C21H16N4O7. The maximum Gasteiger partial charge on any atom is 0.433 e. The summed E-state index contributed by atoms with van der Waals surface area (Å²) in [6.07, 6.45) is 0. The summed E-state index contributed by atoms with van der Waals surface area (Å²) >= 11 is 0. The number of aromatic nitrogens is 2. The lowest BCUT2D eigenvalue weighted by Crippen LogP contribution is -2.11. The third kappa shape index (κ3) is 3.99. The Hall–Kier alpha value is -4.67. The van der Waals surface area contributed by atoms with Gasteiger partial charge in [0.2, 0.25) is 5.82 Å². The lowest BCUT2D eigenvalue weighted by Gasteiger charge is -2.07. The standard InChI is InChI=1S/C21H16N4O7/c1-29-15-8-7-12(11-17(15)30-2)19-23-21(32-24-19)13-5-3-4-6-14(13)22-20(26)16-9-10-18(31-16)25(27)28/h3-11H,1-2H3,(H,22,26).